The average Bonchev–Trinajstić information content (AvgIpc) is 3.22. The Kier molecular flexibility index (Phi) is 5.43. The molecule has 8 heteroatoms. The van der Waals surface area contributed by atoms with Crippen molar-refractivity contribution in [1.82, 2.24) is 0 Å². The number of rotatable bonds is 3. The van der Waals surface area contributed by atoms with Gasteiger partial charge in [-0.1, -0.05) is 46.8 Å². The van der Waals surface area contributed by atoms with Crippen molar-refractivity contribution in [3.05, 3.63) is 23.3 Å². The van der Waals surface area contributed by atoms with E-state index < -0.39 is 69.7 Å². The summed E-state index contributed by atoms with van der Waals surface area (Å²) in [6, 6.07) is 0. The van der Waals surface area contributed by atoms with Crippen molar-refractivity contribution in [2.45, 2.75) is 96.6 Å². The topological polar surface area (TPSA) is 123 Å². The number of hydrogen-bond donors (Lipinski definition) is 3. The molecule has 0 bridgehead atoms. The number of ketones is 1. The van der Waals surface area contributed by atoms with Crippen molar-refractivity contribution in [2.24, 2.45) is 35.0 Å². The predicted molar refractivity (Wildman–Crippen MR) is 129 cm³/mol. The molecule has 5 aliphatic rings. The molecule has 0 aromatic rings. The van der Waals surface area contributed by atoms with E-state index in [-0.39, 0.29) is 18.5 Å². The molecule has 3 fully saturated rings. The molecule has 200 valence electrons. The first-order chi connectivity index (χ1) is 16.5. The first-order valence-electron chi connectivity index (χ1n) is 13.1. The zero-order valence-electron chi connectivity index (χ0n) is 22.5. The normalized spacial score (nSPS) is 48.8. The number of esters is 1. The van der Waals surface area contributed by atoms with E-state index in [1.54, 1.807) is 40.7 Å². The quantitative estimate of drug-likeness (QED) is 0.395. The molecule has 4 aliphatic carbocycles. The lowest BCUT2D eigenvalue weighted by Crippen LogP contribution is -2.68. The van der Waals surface area contributed by atoms with Crippen LogP contribution in [-0.2, 0) is 23.8 Å². The standard InChI is InChI=1S/C28H40O8/c1-9-13(2)23(31)36-28-19(24(28,5)6)17-11-16-12-34-25(7,8)35-22(16)27(33)18(10-14(3)20(27)29)26(17,32)15(4)21(28)30/h10-11,13,15,17-19,21-22,30,32-33H,9,12H2,1-8H3/t13-,15+,17-,18-,19+,21+,22+,26+,27+,28+/m0/s1. The van der Waals surface area contributed by atoms with Gasteiger partial charge in [0.1, 0.15) is 11.7 Å². The molecule has 10 atom stereocenters. The second kappa shape index (κ2) is 7.50. The van der Waals surface area contributed by atoms with Gasteiger partial charge in [-0.2, -0.15) is 0 Å². The molecule has 1 heterocycles. The van der Waals surface area contributed by atoms with Crippen molar-refractivity contribution in [2.75, 3.05) is 6.61 Å². The first-order valence-corrected chi connectivity index (χ1v) is 13.1. The summed E-state index contributed by atoms with van der Waals surface area (Å²) < 4.78 is 18.2. The molecule has 36 heavy (non-hydrogen) atoms. The van der Waals surface area contributed by atoms with Gasteiger partial charge in [0.15, 0.2) is 17.2 Å². The second-order valence-electron chi connectivity index (χ2n) is 12.8. The summed E-state index contributed by atoms with van der Waals surface area (Å²) in [5, 5.41) is 36.5. The van der Waals surface area contributed by atoms with Crippen LogP contribution in [-0.4, -0.2) is 68.5 Å². The van der Waals surface area contributed by atoms with Crippen LogP contribution in [0.5, 0.6) is 0 Å². The minimum absolute atomic E-state index is 0.120. The van der Waals surface area contributed by atoms with Gasteiger partial charge >= 0.3 is 5.97 Å². The van der Waals surface area contributed by atoms with E-state index >= 15 is 0 Å². The summed E-state index contributed by atoms with van der Waals surface area (Å²) in [7, 11) is 0. The zero-order chi connectivity index (χ0) is 26.8. The van der Waals surface area contributed by atoms with Gasteiger partial charge in [0, 0.05) is 29.1 Å². The van der Waals surface area contributed by atoms with Crippen LogP contribution in [0.2, 0.25) is 0 Å². The van der Waals surface area contributed by atoms with Gasteiger partial charge in [0.25, 0.3) is 0 Å². The van der Waals surface area contributed by atoms with Gasteiger partial charge < -0.3 is 29.5 Å². The lowest BCUT2D eigenvalue weighted by Gasteiger charge is -2.53. The maximum Gasteiger partial charge on any atom is 0.309 e. The van der Waals surface area contributed by atoms with Crippen LogP contribution in [0.4, 0.5) is 0 Å². The molecule has 8 nitrogen and oxygen atoms in total. The number of carbonyl (C=O) groups excluding carboxylic acids is 2. The summed E-state index contributed by atoms with van der Waals surface area (Å²) in [5.74, 6) is -5.18. The highest BCUT2D eigenvalue weighted by Crippen LogP contribution is 2.76. The molecule has 3 N–H and O–H groups in total. The van der Waals surface area contributed by atoms with Gasteiger partial charge in [-0.15, -0.1) is 0 Å². The molecule has 0 aromatic heterocycles. The van der Waals surface area contributed by atoms with Crippen LogP contribution >= 0.6 is 0 Å². The van der Waals surface area contributed by atoms with Crippen LogP contribution < -0.4 is 0 Å². The second-order valence-corrected chi connectivity index (χ2v) is 12.8. The Bertz CT molecular complexity index is 1070. The van der Waals surface area contributed by atoms with Crippen LogP contribution in [0.15, 0.2) is 23.3 Å². The van der Waals surface area contributed by atoms with E-state index in [1.165, 1.54) is 0 Å². The maximum absolute atomic E-state index is 13.5. The molecular formula is C28H40O8. The summed E-state index contributed by atoms with van der Waals surface area (Å²) in [5.41, 5.74) is -4.69. The highest BCUT2D eigenvalue weighted by molar-refractivity contribution is 6.05. The highest BCUT2D eigenvalue weighted by atomic mass is 16.7. The van der Waals surface area contributed by atoms with E-state index in [1.807, 2.05) is 26.8 Å². The lowest BCUT2D eigenvalue weighted by atomic mass is 9.58. The number of carbonyl (C=O) groups is 2. The van der Waals surface area contributed by atoms with Crippen molar-refractivity contribution in [3.63, 3.8) is 0 Å². The fourth-order valence-corrected chi connectivity index (χ4v) is 7.82. The van der Waals surface area contributed by atoms with Crippen LogP contribution in [0.3, 0.4) is 0 Å². The molecular weight excluding hydrogens is 464 g/mol. The Hall–Kier alpha value is -1.58. The summed E-state index contributed by atoms with van der Waals surface area (Å²) in [4.78, 5) is 26.5. The molecule has 1 saturated heterocycles. The summed E-state index contributed by atoms with van der Waals surface area (Å²) in [6.07, 6.45) is 1.88. The highest BCUT2D eigenvalue weighted by Gasteiger charge is 2.87. The molecule has 5 rings (SSSR count). The number of hydrogen-bond acceptors (Lipinski definition) is 8. The zero-order valence-corrected chi connectivity index (χ0v) is 22.5. The lowest BCUT2D eigenvalue weighted by molar-refractivity contribution is -0.289. The molecule has 0 radical (unpaired) electrons. The van der Waals surface area contributed by atoms with Crippen molar-refractivity contribution < 1.29 is 39.1 Å². The van der Waals surface area contributed by atoms with E-state index in [4.69, 9.17) is 14.2 Å². The Morgan fingerprint density at radius 1 is 1.22 bits per heavy atom. The van der Waals surface area contributed by atoms with E-state index in [0.717, 1.165) is 0 Å². The Balaban J connectivity index is 1.70. The number of fused-ring (bicyclic) bond motifs is 7. The predicted octanol–water partition coefficient (Wildman–Crippen LogP) is 2.30. The van der Waals surface area contributed by atoms with E-state index in [2.05, 4.69) is 0 Å². The van der Waals surface area contributed by atoms with Crippen molar-refractivity contribution in [1.29, 1.82) is 0 Å². The van der Waals surface area contributed by atoms with Gasteiger partial charge in [-0.05, 0) is 38.3 Å². The minimum atomic E-state index is -2.05. The van der Waals surface area contributed by atoms with E-state index in [0.29, 0.717) is 17.6 Å². The third-order valence-electron chi connectivity index (χ3n) is 10.2. The van der Waals surface area contributed by atoms with Crippen LogP contribution in [0.1, 0.15) is 61.8 Å². The van der Waals surface area contributed by atoms with Gasteiger partial charge in [0.2, 0.25) is 0 Å². The fourth-order valence-electron chi connectivity index (χ4n) is 7.82. The number of aliphatic hydroxyl groups is 3. The fraction of sp³-hybridized carbons (Fsp3) is 0.786. The monoisotopic (exact) mass is 504 g/mol. The molecule has 2 saturated carbocycles. The minimum Gasteiger partial charge on any atom is -0.455 e. The third kappa shape index (κ3) is 2.88. The smallest absolute Gasteiger partial charge is 0.309 e. The van der Waals surface area contributed by atoms with Gasteiger partial charge in [0.05, 0.1) is 24.2 Å². The summed E-state index contributed by atoms with van der Waals surface area (Å²) >= 11 is 0. The SMILES string of the molecule is CC[C@H](C)C(=O)O[C@@]12[C@H](O)[C@@H](C)[C@]3(O)[C@@H]4C=C(C)C(=O)[C@@]4(O)[C@@H]4OC(C)(C)OCC4=C[C@H]3[C@@H]1C2(C)C. The number of ether oxygens (including phenoxy) is 3. The Morgan fingerprint density at radius 2 is 1.86 bits per heavy atom. The van der Waals surface area contributed by atoms with Crippen molar-refractivity contribution >= 4 is 11.8 Å². The molecule has 0 amide bonds. The van der Waals surface area contributed by atoms with Crippen LogP contribution in [0, 0.1) is 35.0 Å². The molecule has 0 aromatic carbocycles. The maximum atomic E-state index is 13.5. The van der Waals surface area contributed by atoms with Crippen molar-refractivity contribution in [3.8, 4) is 0 Å². The number of Topliss-reactive ketones (excluding diaryl/α,β-unsaturated/α-hetero) is 1. The van der Waals surface area contributed by atoms with E-state index in [9.17, 15) is 24.9 Å². The molecule has 0 unspecified atom stereocenters. The van der Waals surface area contributed by atoms with Crippen LogP contribution in [0.25, 0.3) is 0 Å². The summed E-state index contributed by atoms with van der Waals surface area (Å²) in [6.45, 7) is 14.5. The molecule has 1 aliphatic heterocycles. The number of aliphatic hydroxyl groups excluding tert-OH is 1. The van der Waals surface area contributed by atoms with Gasteiger partial charge in [-0.25, -0.2) is 0 Å². The Morgan fingerprint density at radius 3 is 2.47 bits per heavy atom. The Labute approximate surface area is 212 Å². The largest absolute Gasteiger partial charge is 0.455 e. The third-order valence-corrected chi connectivity index (χ3v) is 10.2. The molecule has 0 spiro atoms. The van der Waals surface area contributed by atoms with Gasteiger partial charge in [-0.3, -0.25) is 9.59 Å². The first kappa shape index (κ1) is 26.0. The average molecular weight is 505 g/mol.